The molecule has 1 aromatic rings. The maximum absolute atomic E-state index is 12.0. The van der Waals surface area contributed by atoms with E-state index in [1.165, 1.54) is 0 Å². The normalized spacial score (nSPS) is 11.2. The third kappa shape index (κ3) is 6.86. The van der Waals surface area contributed by atoms with Gasteiger partial charge in [0, 0.05) is 0 Å². The van der Waals surface area contributed by atoms with Crippen molar-refractivity contribution in [1.29, 1.82) is 0 Å². The molecule has 0 spiro atoms. The van der Waals surface area contributed by atoms with Crippen LogP contribution in [-0.2, 0) is 0 Å². The summed E-state index contributed by atoms with van der Waals surface area (Å²) in [5.74, 6) is 0.571. The topological polar surface area (TPSA) is 9.23 Å². The molecule has 0 atom stereocenters. The van der Waals surface area contributed by atoms with E-state index in [2.05, 4.69) is 0 Å². The fourth-order valence-corrected chi connectivity index (χ4v) is 1.38. The van der Waals surface area contributed by atoms with Gasteiger partial charge in [-0.15, -0.1) is 0 Å². The molecule has 17 heavy (non-hydrogen) atoms. The molecular formula is C11H15BF3KO. The fraction of sp³-hybridized carbons (Fsp3) is 0.455. The van der Waals surface area contributed by atoms with Gasteiger partial charge in [0.25, 0.3) is 0 Å². The zero-order valence-corrected chi connectivity index (χ0v) is 13.8. The van der Waals surface area contributed by atoms with E-state index in [9.17, 15) is 12.9 Å². The summed E-state index contributed by atoms with van der Waals surface area (Å²) < 4.78 is 40.9. The largest absolute Gasteiger partial charge is 1.00 e. The van der Waals surface area contributed by atoms with Crippen molar-refractivity contribution in [3.8, 4) is 5.75 Å². The standard InChI is InChI=1S/C11H15BF3O.K/c1-8(2)10-4-9(3)5-11(6-10)16-7-12(13,14)15;/h4-6,8H,7H2,1-3H3;/q-1;+1. The van der Waals surface area contributed by atoms with Crippen molar-refractivity contribution in [1.82, 2.24) is 0 Å². The van der Waals surface area contributed by atoms with E-state index in [0.717, 1.165) is 11.1 Å². The molecule has 0 aromatic heterocycles. The number of hydrogen-bond donors (Lipinski definition) is 0. The van der Waals surface area contributed by atoms with Gasteiger partial charge in [-0.1, -0.05) is 19.9 Å². The van der Waals surface area contributed by atoms with Gasteiger partial charge in [-0.2, -0.15) is 0 Å². The first kappa shape index (κ1) is 17.5. The molecule has 6 heteroatoms. The minimum Gasteiger partial charge on any atom is -0.522 e. The summed E-state index contributed by atoms with van der Waals surface area (Å²) in [6, 6.07) is 5.24. The third-order valence-electron chi connectivity index (χ3n) is 2.18. The summed E-state index contributed by atoms with van der Waals surface area (Å²) in [4.78, 5) is 0. The quantitative estimate of drug-likeness (QED) is 0.738. The second kappa shape index (κ2) is 7.19. The first-order chi connectivity index (χ1) is 7.28. The van der Waals surface area contributed by atoms with E-state index in [-0.39, 0.29) is 57.3 Å². The first-order valence-corrected chi connectivity index (χ1v) is 5.23. The molecule has 0 fully saturated rings. The predicted octanol–water partition coefficient (Wildman–Crippen LogP) is 0.888. The van der Waals surface area contributed by atoms with Crippen molar-refractivity contribution in [3.63, 3.8) is 0 Å². The van der Waals surface area contributed by atoms with Gasteiger partial charge in [-0.3, -0.25) is 0 Å². The van der Waals surface area contributed by atoms with Gasteiger partial charge in [0.2, 0.25) is 0 Å². The van der Waals surface area contributed by atoms with E-state index in [1.807, 2.05) is 26.8 Å². The van der Waals surface area contributed by atoms with Crippen molar-refractivity contribution in [2.24, 2.45) is 0 Å². The number of hydrogen-bond acceptors (Lipinski definition) is 1. The smallest absolute Gasteiger partial charge is 0.522 e. The molecule has 0 N–H and O–H groups in total. The van der Waals surface area contributed by atoms with Crippen LogP contribution >= 0.6 is 0 Å². The van der Waals surface area contributed by atoms with Crippen molar-refractivity contribution in [2.75, 3.05) is 6.51 Å². The van der Waals surface area contributed by atoms with E-state index in [4.69, 9.17) is 4.74 Å². The van der Waals surface area contributed by atoms with Crippen LogP contribution in [0.3, 0.4) is 0 Å². The molecule has 0 heterocycles. The summed E-state index contributed by atoms with van der Waals surface area (Å²) in [7, 11) is 0. The van der Waals surface area contributed by atoms with Crippen LogP contribution in [0.15, 0.2) is 18.2 Å². The van der Waals surface area contributed by atoms with Gasteiger partial charge in [0.05, 0.1) is 6.51 Å². The molecule has 0 bridgehead atoms. The Bertz CT molecular complexity index is 366. The molecular weight excluding hydrogens is 255 g/mol. The van der Waals surface area contributed by atoms with Gasteiger partial charge in [0.1, 0.15) is 5.75 Å². The van der Waals surface area contributed by atoms with Crippen LogP contribution in [0, 0.1) is 6.92 Å². The maximum atomic E-state index is 12.0. The summed E-state index contributed by atoms with van der Waals surface area (Å²) in [5, 5.41) is 0. The Balaban J connectivity index is 0.00000256. The van der Waals surface area contributed by atoms with E-state index in [0.29, 0.717) is 5.75 Å². The molecule has 0 amide bonds. The predicted molar refractivity (Wildman–Crippen MR) is 59.8 cm³/mol. The van der Waals surface area contributed by atoms with Gasteiger partial charge in [-0.25, -0.2) is 0 Å². The molecule has 0 aliphatic carbocycles. The van der Waals surface area contributed by atoms with Gasteiger partial charge in [-0.05, 0) is 36.1 Å². The number of ether oxygens (including phenoxy) is 1. The van der Waals surface area contributed by atoms with E-state index in [1.54, 1.807) is 12.1 Å². The van der Waals surface area contributed by atoms with E-state index < -0.39 is 13.5 Å². The fourth-order valence-electron chi connectivity index (χ4n) is 1.38. The Morgan fingerprint density at radius 3 is 2.24 bits per heavy atom. The summed E-state index contributed by atoms with van der Waals surface area (Å²) >= 11 is 0. The van der Waals surface area contributed by atoms with Crippen LogP contribution in [0.25, 0.3) is 0 Å². The molecule has 0 unspecified atom stereocenters. The van der Waals surface area contributed by atoms with Crippen LogP contribution in [0.5, 0.6) is 5.75 Å². The van der Waals surface area contributed by atoms with Crippen LogP contribution < -0.4 is 56.1 Å². The molecule has 0 saturated carbocycles. The molecule has 0 aliphatic heterocycles. The monoisotopic (exact) mass is 270 g/mol. The number of rotatable bonds is 4. The SMILES string of the molecule is Cc1cc(OC[B-](F)(F)F)cc(C(C)C)c1.[K+]. The Labute approximate surface area is 143 Å². The second-order valence-electron chi connectivity index (χ2n) is 4.26. The molecule has 1 nitrogen and oxygen atoms in total. The van der Waals surface area contributed by atoms with Gasteiger partial charge >= 0.3 is 58.4 Å². The van der Waals surface area contributed by atoms with Crippen LogP contribution in [0.1, 0.15) is 30.9 Å². The minimum absolute atomic E-state index is 0. The van der Waals surface area contributed by atoms with Crippen molar-refractivity contribution >= 4 is 6.98 Å². The van der Waals surface area contributed by atoms with Crippen LogP contribution in [-0.4, -0.2) is 13.5 Å². The summed E-state index contributed by atoms with van der Waals surface area (Å²) in [6.07, 6.45) is 0. The average molecular weight is 270 g/mol. The van der Waals surface area contributed by atoms with E-state index >= 15 is 0 Å². The van der Waals surface area contributed by atoms with Crippen LogP contribution in [0.2, 0.25) is 0 Å². The summed E-state index contributed by atoms with van der Waals surface area (Å²) in [5.41, 5.74) is 1.90. The number of benzene rings is 1. The number of aryl methyl sites for hydroxylation is 1. The summed E-state index contributed by atoms with van der Waals surface area (Å²) in [6.45, 7) is -0.241. The minimum atomic E-state index is -4.89. The van der Waals surface area contributed by atoms with Crippen LogP contribution in [0.4, 0.5) is 12.9 Å². The Kier molecular flexibility index (Phi) is 7.40. The average Bonchev–Trinajstić information content (AvgIpc) is 2.13. The van der Waals surface area contributed by atoms with Crippen molar-refractivity contribution < 1.29 is 69.1 Å². The Morgan fingerprint density at radius 2 is 1.76 bits per heavy atom. The molecule has 0 aliphatic rings. The van der Waals surface area contributed by atoms with Gasteiger partial charge in [0.15, 0.2) is 0 Å². The Hall–Kier alpha value is 0.511. The molecule has 0 saturated heterocycles. The second-order valence-corrected chi connectivity index (χ2v) is 4.26. The third-order valence-corrected chi connectivity index (χ3v) is 2.18. The molecule has 0 radical (unpaired) electrons. The number of halogens is 3. The van der Waals surface area contributed by atoms with Crippen molar-refractivity contribution in [2.45, 2.75) is 26.7 Å². The van der Waals surface area contributed by atoms with Gasteiger partial charge < -0.3 is 17.7 Å². The zero-order valence-electron chi connectivity index (χ0n) is 10.6. The zero-order chi connectivity index (χ0) is 12.3. The van der Waals surface area contributed by atoms with Crippen molar-refractivity contribution in [3.05, 3.63) is 29.3 Å². The Morgan fingerprint density at radius 1 is 1.18 bits per heavy atom. The maximum Gasteiger partial charge on any atom is 1.00 e. The molecule has 1 aromatic carbocycles. The first-order valence-electron chi connectivity index (χ1n) is 5.23. The molecule has 90 valence electrons. The molecule has 1 rings (SSSR count).